The van der Waals surface area contributed by atoms with E-state index in [9.17, 15) is 0 Å². The van der Waals surface area contributed by atoms with Crippen LogP contribution in [0.3, 0.4) is 0 Å². The lowest BCUT2D eigenvalue weighted by atomic mass is 9.91. The van der Waals surface area contributed by atoms with Gasteiger partial charge in [0.2, 0.25) is 0 Å². The molecule has 0 aliphatic carbocycles. The first-order valence-electron chi connectivity index (χ1n) is 5.03. The highest BCUT2D eigenvalue weighted by Crippen LogP contribution is 2.27. The molecule has 1 heterocycles. The Kier molecular flexibility index (Phi) is 2.43. The van der Waals surface area contributed by atoms with E-state index >= 15 is 0 Å². The molecular weight excluding hydrogens is 206 g/mol. The molecule has 0 unspecified atom stereocenters. The molecule has 0 amide bonds. The first-order chi connectivity index (χ1) is 6.98. The largest absolute Gasteiger partial charge is 0.260 e. The molecule has 0 radical (unpaired) electrons. The van der Waals surface area contributed by atoms with Crippen LogP contribution < -0.4 is 0 Å². The van der Waals surface area contributed by atoms with Crippen molar-refractivity contribution >= 4 is 22.4 Å². The molecule has 0 aliphatic heterocycles. The van der Waals surface area contributed by atoms with Crippen molar-refractivity contribution in [3.05, 3.63) is 41.2 Å². The highest BCUT2D eigenvalue weighted by Gasteiger charge is 2.15. The Morgan fingerprint density at radius 2 is 1.93 bits per heavy atom. The van der Waals surface area contributed by atoms with Crippen LogP contribution in [-0.4, -0.2) is 4.98 Å². The van der Waals surface area contributed by atoms with Crippen molar-refractivity contribution < 1.29 is 0 Å². The Hall–Kier alpha value is -1.08. The smallest absolute Gasteiger partial charge is 0.0485 e. The van der Waals surface area contributed by atoms with Crippen LogP contribution in [0, 0.1) is 0 Å². The summed E-state index contributed by atoms with van der Waals surface area (Å²) in [6.07, 6.45) is 1.89. The quantitative estimate of drug-likeness (QED) is 0.648. The molecule has 15 heavy (non-hydrogen) atoms. The van der Waals surface area contributed by atoms with Gasteiger partial charge in [0, 0.05) is 33.1 Å². The minimum atomic E-state index is 0.0629. The summed E-state index contributed by atoms with van der Waals surface area (Å²) in [5.74, 6) is 0. The summed E-state index contributed by atoms with van der Waals surface area (Å²) in [6, 6.07) is 7.97. The average Bonchev–Trinajstić information content (AvgIpc) is 2.16. The topological polar surface area (TPSA) is 12.9 Å². The Morgan fingerprint density at radius 3 is 2.60 bits per heavy atom. The van der Waals surface area contributed by atoms with Gasteiger partial charge in [-0.25, -0.2) is 0 Å². The maximum Gasteiger partial charge on any atom is 0.0485 e. The van der Waals surface area contributed by atoms with Crippen molar-refractivity contribution in [1.29, 1.82) is 0 Å². The zero-order valence-corrected chi connectivity index (χ0v) is 9.97. The van der Waals surface area contributed by atoms with Crippen LogP contribution in [0.15, 0.2) is 30.5 Å². The lowest BCUT2D eigenvalue weighted by molar-refractivity contribution is 0.570. The van der Waals surface area contributed by atoms with Gasteiger partial charge in [-0.3, -0.25) is 4.98 Å². The second kappa shape index (κ2) is 3.49. The second-order valence-corrected chi connectivity index (χ2v) is 5.19. The normalized spacial score (nSPS) is 12.0. The van der Waals surface area contributed by atoms with Crippen molar-refractivity contribution in [3.8, 4) is 0 Å². The molecule has 0 aliphatic rings. The molecule has 0 atom stereocenters. The van der Waals surface area contributed by atoms with Gasteiger partial charge in [-0.15, -0.1) is 0 Å². The van der Waals surface area contributed by atoms with Crippen LogP contribution in [0.4, 0.5) is 0 Å². The highest BCUT2D eigenvalue weighted by molar-refractivity contribution is 6.35. The Labute approximate surface area is 95.1 Å². The fourth-order valence-electron chi connectivity index (χ4n) is 1.54. The van der Waals surface area contributed by atoms with Gasteiger partial charge >= 0.3 is 0 Å². The van der Waals surface area contributed by atoms with E-state index in [1.54, 1.807) is 0 Å². The van der Waals surface area contributed by atoms with Crippen LogP contribution in [0.25, 0.3) is 10.8 Å². The van der Waals surface area contributed by atoms with E-state index in [1.165, 1.54) is 0 Å². The van der Waals surface area contributed by atoms with Crippen molar-refractivity contribution in [2.75, 3.05) is 0 Å². The van der Waals surface area contributed by atoms with E-state index in [2.05, 4.69) is 31.8 Å². The molecule has 2 rings (SSSR count). The van der Waals surface area contributed by atoms with E-state index < -0.39 is 0 Å². The van der Waals surface area contributed by atoms with E-state index in [-0.39, 0.29) is 5.41 Å². The third-order valence-electron chi connectivity index (χ3n) is 2.48. The molecular formula is C13H14ClN. The minimum absolute atomic E-state index is 0.0629. The third-order valence-corrected chi connectivity index (χ3v) is 2.81. The molecule has 1 nitrogen and oxygen atoms in total. The van der Waals surface area contributed by atoms with Gasteiger partial charge in [0.25, 0.3) is 0 Å². The fraction of sp³-hybridized carbons (Fsp3) is 0.308. The van der Waals surface area contributed by atoms with Gasteiger partial charge in [-0.05, 0) is 12.1 Å². The third kappa shape index (κ3) is 1.98. The van der Waals surface area contributed by atoms with Crippen LogP contribution in [-0.2, 0) is 5.41 Å². The van der Waals surface area contributed by atoms with Gasteiger partial charge < -0.3 is 0 Å². The van der Waals surface area contributed by atoms with E-state index in [0.29, 0.717) is 0 Å². The summed E-state index contributed by atoms with van der Waals surface area (Å²) in [4.78, 5) is 4.46. The highest BCUT2D eigenvalue weighted by atomic mass is 35.5. The van der Waals surface area contributed by atoms with Gasteiger partial charge in [-0.2, -0.15) is 0 Å². The summed E-state index contributed by atoms with van der Waals surface area (Å²) >= 11 is 6.15. The monoisotopic (exact) mass is 219 g/mol. The molecule has 1 aromatic carbocycles. The molecule has 0 bridgehead atoms. The molecule has 0 spiro atoms. The fourth-order valence-corrected chi connectivity index (χ4v) is 1.78. The van der Waals surface area contributed by atoms with Crippen molar-refractivity contribution in [2.45, 2.75) is 26.2 Å². The molecule has 0 N–H and O–H groups in total. The Morgan fingerprint density at radius 1 is 1.20 bits per heavy atom. The molecule has 1 aromatic heterocycles. The Balaban J connectivity index is 2.70. The SMILES string of the molecule is CC(C)(C)c1cc2c(Cl)cccc2cn1. The number of halogens is 1. The predicted octanol–water partition coefficient (Wildman–Crippen LogP) is 4.19. The average molecular weight is 220 g/mol. The van der Waals surface area contributed by atoms with Crippen molar-refractivity contribution in [1.82, 2.24) is 4.98 Å². The van der Waals surface area contributed by atoms with E-state index in [1.807, 2.05) is 24.4 Å². The lowest BCUT2D eigenvalue weighted by Crippen LogP contribution is -2.12. The zero-order chi connectivity index (χ0) is 11.1. The minimum Gasteiger partial charge on any atom is -0.260 e. The van der Waals surface area contributed by atoms with Gasteiger partial charge in [0.05, 0.1) is 0 Å². The number of aromatic nitrogens is 1. The van der Waals surface area contributed by atoms with Crippen LogP contribution in [0.2, 0.25) is 5.02 Å². The van der Waals surface area contributed by atoms with E-state index in [0.717, 1.165) is 21.5 Å². The summed E-state index contributed by atoms with van der Waals surface area (Å²) in [5, 5.41) is 2.97. The number of nitrogens with zero attached hydrogens (tertiary/aromatic N) is 1. The lowest BCUT2D eigenvalue weighted by Gasteiger charge is -2.18. The second-order valence-electron chi connectivity index (χ2n) is 4.78. The predicted molar refractivity (Wildman–Crippen MR) is 65.5 cm³/mol. The number of benzene rings is 1. The molecule has 2 aromatic rings. The molecule has 0 saturated heterocycles. The molecule has 0 saturated carbocycles. The van der Waals surface area contributed by atoms with Gasteiger partial charge in [0.1, 0.15) is 0 Å². The maximum atomic E-state index is 6.15. The van der Waals surface area contributed by atoms with Gasteiger partial charge in [0.15, 0.2) is 0 Å². The van der Waals surface area contributed by atoms with Crippen molar-refractivity contribution in [2.24, 2.45) is 0 Å². The van der Waals surface area contributed by atoms with Crippen LogP contribution in [0.5, 0.6) is 0 Å². The van der Waals surface area contributed by atoms with E-state index in [4.69, 9.17) is 11.6 Å². The van der Waals surface area contributed by atoms with Crippen LogP contribution >= 0.6 is 11.6 Å². The maximum absolute atomic E-state index is 6.15. The van der Waals surface area contributed by atoms with Gasteiger partial charge in [-0.1, -0.05) is 44.5 Å². The standard InChI is InChI=1S/C13H14ClN/c1-13(2,3)12-7-10-9(8-15-12)5-4-6-11(10)14/h4-8H,1-3H3. The molecule has 2 heteroatoms. The number of hydrogen-bond acceptors (Lipinski definition) is 1. The summed E-state index contributed by atoms with van der Waals surface area (Å²) in [6.45, 7) is 6.45. The number of fused-ring (bicyclic) bond motifs is 1. The zero-order valence-electron chi connectivity index (χ0n) is 9.21. The number of pyridine rings is 1. The Bertz CT molecular complexity index is 497. The first kappa shape index (κ1) is 10.4. The van der Waals surface area contributed by atoms with Crippen LogP contribution in [0.1, 0.15) is 26.5 Å². The van der Waals surface area contributed by atoms with Crippen molar-refractivity contribution in [3.63, 3.8) is 0 Å². The summed E-state index contributed by atoms with van der Waals surface area (Å²) < 4.78 is 0. The summed E-state index contributed by atoms with van der Waals surface area (Å²) in [5.41, 5.74) is 1.14. The summed E-state index contributed by atoms with van der Waals surface area (Å²) in [7, 11) is 0. The number of hydrogen-bond donors (Lipinski definition) is 0. The first-order valence-corrected chi connectivity index (χ1v) is 5.41. The molecule has 0 fully saturated rings. The molecule has 78 valence electrons. The number of rotatable bonds is 0.